The van der Waals surface area contributed by atoms with E-state index >= 15 is 0 Å². The van der Waals surface area contributed by atoms with Gasteiger partial charge in [-0.25, -0.2) is 0 Å². The smallest absolute Gasteiger partial charge is 0.259 e. The Balaban J connectivity index is 1.99. The van der Waals surface area contributed by atoms with Crippen LogP contribution in [0.15, 0.2) is 41.0 Å². The van der Waals surface area contributed by atoms with Gasteiger partial charge in [-0.2, -0.15) is 0 Å². The molecule has 1 amide bonds. The Kier molecular flexibility index (Phi) is 4.37. The van der Waals surface area contributed by atoms with Gasteiger partial charge in [0.15, 0.2) is 0 Å². The molecule has 1 heterocycles. The Morgan fingerprint density at radius 1 is 1.35 bits per heavy atom. The van der Waals surface area contributed by atoms with Gasteiger partial charge in [-0.1, -0.05) is 12.2 Å². The second-order valence-corrected chi connectivity index (χ2v) is 4.65. The first-order valence-corrected chi connectivity index (χ1v) is 6.33. The number of carbonyl (C=O) groups is 1. The number of ether oxygens (including phenoxy) is 1. The Morgan fingerprint density at radius 3 is 2.60 bits per heavy atom. The number of carbonyl (C=O) groups excluding carboxylic acids is 1. The summed E-state index contributed by atoms with van der Waals surface area (Å²) in [6.07, 6.45) is 1.48. The van der Waals surface area contributed by atoms with Crippen LogP contribution in [0.25, 0.3) is 0 Å². The molecule has 0 aliphatic rings. The largest absolute Gasteiger partial charge is 0.487 e. The fourth-order valence-electron chi connectivity index (χ4n) is 1.61. The van der Waals surface area contributed by atoms with Crippen LogP contribution in [0.4, 0.5) is 5.69 Å². The molecule has 0 radical (unpaired) electrons. The average Bonchev–Trinajstić information content (AvgIpc) is 2.84. The maximum Gasteiger partial charge on any atom is 0.259 e. The summed E-state index contributed by atoms with van der Waals surface area (Å²) >= 11 is 4.72. The van der Waals surface area contributed by atoms with Crippen LogP contribution >= 0.6 is 12.2 Å². The Hall–Kier alpha value is -2.34. The normalized spacial score (nSPS) is 10.1. The van der Waals surface area contributed by atoms with Gasteiger partial charge in [0.2, 0.25) is 0 Å². The third-order valence-electron chi connectivity index (χ3n) is 2.60. The topological polar surface area (TPSA) is 77.5 Å². The van der Waals surface area contributed by atoms with Crippen molar-refractivity contribution in [2.75, 3.05) is 11.9 Å². The lowest BCUT2D eigenvalue weighted by atomic mass is 10.2. The molecule has 1 aromatic carbocycles. The molecule has 0 fully saturated rings. The summed E-state index contributed by atoms with van der Waals surface area (Å²) in [7, 11) is 0. The SMILES string of the molecule is Cc1occc1C(=O)Nc1ccc(OCC(N)=S)cc1. The van der Waals surface area contributed by atoms with Crippen LogP contribution in [0, 0.1) is 6.92 Å². The van der Waals surface area contributed by atoms with E-state index in [1.54, 1.807) is 37.3 Å². The number of rotatable bonds is 5. The quantitative estimate of drug-likeness (QED) is 0.827. The second-order valence-electron chi connectivity index (χ2n) is 4.12. The summed E-state index contributed by atoms with van der Waals surface area (Å²) in [6.45, 7) is 1.93. The summed E-state index contributed by atoms with van der Waals surface area (Å²) in [4.78, 5) is 12.2. The highest BCUT2D eigenvalue weighted by molar-refractivity contribution is 7.80. The number of amides is 1. The molecule has 0 saturated heterocycles. The zero-order valence-corrected chi connectivity index (χ0v) is 11.7. The highest BCUT2D eigenvalue weighted by atomic mass is 32.1. The lowest BCUT2D eigenvalue weighted by Crippen LogP contribution is -2.17. The molecule has 0 bridgehead atoms. The zero-order chi connectivity index (χ0) is 14.5. The van der Waals surface area contributed by atoms with Gasteiger partial charge in [-0.15, -0.1) is 0 Å². The zero-order valence-electron chi connectivity index (χ0n) is 10.9. The number of nitrogens with two attached hydrogens (primary N) is 1. The first kappa shape index (κ1) is 14.1. The minimum atomic E-state index is -0.215. The molecular weight excluding hydrogens is 276 g/mol. The van der Waals surface area contributed by atoms with E-state index in [-0.39, 0.29) is 17.5 Å². The summed E-state index contributed by atoms with van der Waals surface area (Å²) in [5.74, 6) is 1.00. The monoisotopic (exact) mass is 290 g/mol. The predicted octanol–water partition coefficient (Wildman–Crippen LogP) is 2.51. The van der Waals surface area contributed by atoms with Gasteiger partial charge >= 0.3 is 0 Å². The van der Waals surface area contributed by atoms with Crippen LogP contribution in [-0.4, -0.2) is 17.5 Å². The Labute approximate surface area is 121 Å². The number of anilines is 1. The molecule has 0 aliphatic heterocycles. The number of benzene rings is 1. The minimum Gasteiger partial charge on any atom is -0.487 e. The molecule has 5 nitrogen and oxygen atoms in total. The number of furan rings is 1. The summed E-state index contributed by atoms with van der Waals surface area (Å²) in [6, 6.07) is 8.57. The third-order valence-corrected chi connectivity index (χ3v) is 2.71. The molecule has 3 N–H and O–H groups in total. The standard InChI is InChI=1S/C14H14N2O3S/c1-9-12(6-7-18-9)14(17)16-10-2-4-11(5-3-10)19-8-13(15)20/h2-7H,8H2,1H3,(H2,15,20)(H,16,17). The van der Waals surface area contributed by atoms with Gasteiger partial charge in [0.1, 0.15) is 23.1 Å². The van der Waals surface area contributed by atoms with E-state index in [4.69, 9.17) is 27.1 Å². The number of hydrogen-bond donors (Lipinski definition) is 2. The number of nitrogens with one attached hydrogen (secondary N) is 1. The van der Waals surface area contributed by atoms with Crippen molar-refractivity contribution in [3.63, 3.8) is 0 Å². The van der Waals surface area contributed by atoms with E-state index in [0.29, 0.717) is 22.8 Å². The van der Waals surface area contributed by atoms with Gasteiger partial charge in [-0.05, 0) is 37.3 Å². The van der Waals surface area contributed by atoms with Gasteiger partial charge in [0, 0.05) is 5.69 Å². The number of aryl methyl sites for hydroxylation is 1. The molecule has 6 heteroatoms. The van der Waals surface area contributed by atoms with E-state index in [2.05, 4.69) is 5.32 Å². The van der Waals surface area contributed by atoms with Crippen molar-refractivity contribution in [2.24, 2.45) is 5.73 Å². The van der Waals surface area contributed by atoms with Crippen molar-refractivity contribution >= 4 is 28.8 Å². The van der Waals surface area contributed by atoms with Crippen molar-refractivity contribution in [3.05, 3.63) is 47.9 Å². The summed E-state index contributed by atoms with van der Waals surface area (Å²) in [5.41, 5.74) is 6.52. The predicted molar refractivity (Wildman–Crippen MR) is 80.1 cm³/mol. The van der Waals surface area contributed by atoms with E-state index in [1.165, 1.54) is 6.26 Å². The van der Waals surface area contributed by atoms with E-state index in [9.17, 15) is 4.79 Å². The Bertz CT molecular complexity index is 620. The van der Waals surface area contributed by atoms with Crippen LogP contribution in [0.5, 0.6) is 5.75 Å². The van der Waals surface area contributed by atoms with Crippen LogP contribution < -0.4 is 15.8 Å². The second kappa shape index (κ2) is 6.21. The molecule has 1 aromatic heterocycles. The molecule has 0 unspecified atom stereocenters. The molecule has 0 aliphatic carbocycles. The lowest BCUT2D eigenvalue weighted by Gasteiger charge is -2.07. The molecule has 0 spiro atoms. The van der Waals surface area contributed by atoms with Gasteiger partial charge in [-0.3, -0.25) is 4.79 Å². The highest BCUT2D eigenvalue weighted by Crippen LogP contribution is 2.17. The number of hydrogen-bond acceptors (Lipinski definition) is 4. The average molecular weight is 290 g/mol. The van der Waals surface area contributed by atoms with Crippen molar-refractivity contribution in [3.8, 4) is 5.75 Å². The summed E-state index contributed by atoms with van der Waals surface area (Å²) < 4.78 is 10.4. The maximum atomic E-state index is 12.0. The van der Waals surface area contributed by atoms with Crippen molar-refractivity contribution < 1.29 is 13.9 Å². The molecular formula is C14H14N2O3S. The molecule has 0 atom stereocenters. The molecule has 20 heavy (non-hydrogen) atoms. The summed E-state index contributed by atoms with van der Waals surface area (Å²) in [5, 5.41) is 2.77. The molecule has 104 valence electrons. The van der Waals surface area contributed by atoms with Crippen LogP contribution in [0.2, 0.25) is 0 Å². The molecule has 2 aromatic rings. The van der Waals surface area contributed by atoms with E-state index in [0.717, 1.165) is 0 Å². The van der Waals surface area contributed by atoms with Gasteiger partial charge in [0.25, 0.3) is 5.91 Å². The fourth-order valence-corrected chi connectivity index (χ4v) is 1.67. The van der Waals surface area contributed by atoms with Crippen LogP contribution in [0.3, 0.4) is 0 Å². The maximum absolute atomic E-state index is 12.0. The highest BCUT2D eigenvalue weighted by Gasteiger charge is 2.11. The first-order valence-electron chi connectivity index (χ1n) is 5.93. The lowest BCUT2D eigenvalue weighted by molar-refractivity contribution is 0.102. The first-order chi connectivity index (χ1) is 9.56. The van der Waals surface area contributed by atoms with Crippen molar-refractivity contribution in [2.45, 2.75) is 6.92 Å². The van der Waals surface area contributed by atoms with Crippen LogP contribution in [0.1, 0.15) is 16.1 Å². The van der Waals surface area contributed by atoms with Crippen molar-refractivity contribution in [1.29, 1.82) is 0 Å². The van der Waals surface area contributed by atoms with E-state index in [1.807, 2.05) is 0 Å². The number of thiocarbonyl (C=S) groups is 1. The Morgan fingerprint density at radius 2 is 2.05 bits per heavy atom. The van der Waals surface area contributed by atoms with Gasteiger partial charge in [0.05, 0.1) is 11.8 Å². The fraction of sp³-hybridized carbons (Fsp3) is 0.143. The van der Waals surface area contributed by atoms with E-state index < -0.39 is 0 Å². The van der Waals surface area contributed by atoms with Crippen molar-refractivity contribution in [1.82, 2.24) is 0 Å². The minimum absolute atomic E-state index is 0.190. The van der Waals surface area contributed by atoms with Crippen LogP contribution in [-0.2, 0) is 0 Å². The van der Waals surface area contributed by atoms with Gasteiger partial charge < -0.3 is 20.2 Å². The molecule has 2 rings (SSSR count). The molecule has 0 saturated carbocycles. The third kappa shape index (κ3) is 3.58.